The molecule has 0 aromatic heterocycles. The Bertz CT molecular complexity index is 793. The van der Waals surface area contributed by atoms with Gasteiger partial charge in [0.1, 0.15) is 13.2 Å². The summed E-state index contributed by atoms with van der Waals surface area (Å²) in [5.74, 6) is 0.278. The van der Waals surface area contributed by atoms with Gasteiger partial charge in [-0.2, -0.15) is 0 Å². The summed E-state index contributed by atoms with van der Waals surface area (Å²) in [4.78, 5) is 23.2. The van der Waals surface area contributed by atoms with E-state index in [1.54, 1.807) is 6.07 Å². The van der Waals surface area contributed by atoms with Crippen molar-refractivity contribution in [1.29, 1.82) is 0 Å². The maximum absolute atomic E-state index is 12.3. The Morgan fingerprint density at radius 1 is 1.18 bits per heavy atom. The minimum Gasteiger partial charge on any atom is -0.486 e. The Balaban J connectivity index is 1.71. The number of benzene rings is 1. The number of rotatable bonds is 10. The van der Waals surface area contributed by atoms with Crippen LogP contribution in [0.25, 0.3) is 0 Å². The maximum Gasteiger partial charge on any atom is 0.306 e. The van der Waals surface area contributed by atoms with Gasteiger partial charge >= 0.3 is 5.97 Å². The van der Waals surface area contributed by atoms with Crippen LogP contribution in [0.3, 0.4) is 0 Å². The van der Waals surface area contributed by atoms with E-state index >= 15 is 0 Å². The summed E-state index contributed by atoms with van der Waals surface area (Å²) < 4.78 is 42.7. The first-order valence-electron chi connectivity index (χ1n) is 9.09. The molecule has 1 heterocycles. The zero-order valence-electron chi connectivity index (χ0n) is 16.0. The van der Waals surface area contributed by atoms with E-state index in [0.717, 1.165) is 0 Å². The van der Waals surface area contributed by atoms with Crippen molar-refractivity contribution in [2.24, 2.45) is 5.92 Å². The van der Waals surface area contributed by atoms with Gasteiger partial charge in [0.05, 0.1) is 4.90 Å². The Morgan fingerprint density at radius 3 is 2.61 bits per heavy atom. The number of fused-ring (bicyclic) bond motifs is 1. The first-order valence-corrected chi connectivity index (χ1v) is 10.6. The number of sulfonamides is 1. The van der Waals surface area contributed by atoms with Crippen molar-refractivity contribution in [1.82, 2.24) is 10.0 Å². The molecule has 1 aliphatic heterocycles. The molecule has 0 saturated heterocycles. The fourth-order valence-corrected chi connectivity index (χ4v) is 3.39. The zero-order chi connectivity index (χ0) is 20.6. The van der Waals surface area contributed by atoms with E-state index in [1.165, 1.54) is 12.1 Å². The maximum atomic E-state index is 12.3. The lowest BCUT2D eigenvalue weighted by molar-refractivity contribution is -0.148. The van der Waals surface area contributed by atoms with E-state index in [4.69, 9.17) is 14.2 Å². The normalized spacial score (nSPS) is 13.2. The zero-order valence-corrected chi connectivity index (χ0v) is 16.8. The molecule has 9 nitrogen and oxygen atoms in total. The summed E-state index contributed by atoms with van der Waals surface area (Å²) in [6, 6.07) is 4.38. The summed E-state index contributed by atoms with van der Waals surface area (Å²) in [6.07, 6.45) is 0.247. The van der Waals surface area contributed by atoms with Crippen LogP contribution in [0.2, 0.25) is 0 Å². The van der Waals surface area contributed by atoms with Crippen LogP contribution in [0.15, 0.2) is 23.1 Å². The number of nitrogens with one attached hydrogen (secondary N) is 2. The summed E-state index contributed by atoms with van der Waals surface area (Å²) in [7, 11) is -3.73. The van der Waals surface area contributed by atoms with Gasteiger partial charge in [-0.1, -0.05) is 13.8 Å². The van der Waals surface area contributed by atoms with Crippen LogP contribution >= 0.6 is 0 Å². The Hall–Kier alpha value is -2.33. The second-order valence-corrected chi connectivity index (χ2v) is 8.43. The van der Waals surface area contributed by atoms with Crippen molar-refractivity contribution in [2.45, 2.75) is 31.6 Å². The lowest BCUT2D eigenvalue weighted by atomic mass is 10.2. The smallest absolute Gasteiger partial charge is 0.306 e. The SMILES string of the molecule is CC(C)CNC(=O)COC(=O)CCCNS(=O)(=O)c1ccc2c(c1)OCCO2. The van der Waals surface area contributed by atoms with Gasteiger partial charge in [0.25, 0.3) is 5.91 Å². The van der Waals surface area contributed by atoms with Gasteiger partial charge in [0.15, 0.2) is 18.1 Å². The van der Waals surface area contributed by atoms with Crippen LogP contribution in [-0.2, 0) is 24.3 Å². The Morgan fingerprint density at radius 2 is 1.89 bits per heavy atom. The van der Waals surface area contributed by atoms with Crippen molar-refractivity contribution >= 4 is 21.9 Å². The molecule has 0 saturated carbocycles. The second-order valence-electron chi connectivity index (χ2n) is 6.67. The molecule has 2 N–H and O–H groups in total. The molecule has 0 aliphatic carbocycles. The first-order chi connectivity index (χ1) is 13.3. The molecule has 0 spiro atoms. The third-order valence-electron chi connectivity index (χ3n) is 3.75. The van der Waals surface area contributed by atoms with Gasteiger partial charge in [-0.15, -0.1) is 0 Å². The van der Waals surface area contributed by atoms with Crippen LogP contribution in [0.1, 0.15) is 26.7 Å². The van der Waals surface area contributed by atoms with E-state index in [1.807, 2.05) is 13.8 Å². The van der Waals surface area contributed by atoms with Crippen LogP contribution < -0.4 is 19.5 Å². The van der Waals surface area contributed by atoms with Gasteiger partial charge in [-0.3, -0.25) is 9.59 Å². The summed E-state index contributed by atoms with van der Waals surface area (Å²) in [6.45, 7) is 4.93. The monoisotopic (exact) mass is 414 g/mol. The molecule has 1 amide bonds. The predicted molar refractivity (Wildman–Crippen MR) is 101 cm³/mol. The van der Waals surface area contributed by atoms with Gasteiger partial charge < -0.3 is 19.5 Å². The van der Waals surface area contributed by atoms with E-state index in [-0.39, 0.29) is 36.8 Å². The highest BCUT2D eigenvalue weighted by molar-refractivity contribution is 7.89. The number of hydrogen-bond donors (Lipinski definition) is 2. The van der Waals surface area contributed by atoms with E-state index in [9.17, 15) is 18.0 Å². The molecule has 0 atom stereocenters. The van der Waals surface area contributed by atoms with Gasteiger partial charge in [0, 0.05) is 25.6 Å². The van der Waals surface area contributed by atoms with E-state index in [2.05, 4.69) is 10.0 Å². The number of carbonyl (C=O) groups is 2. The van der Waals surface area contributed by atoms with Crippen molar-refractivity contribution in [2.75, 3.05) is 32.9 Å². The molecule has 0 unspecified atom stereocenters. The van der Waals surface area contributed by atoms with Crippen LogP contribution in [0.4, 0.5) is 0 Å². The molecule has 0 bridgehead atoms. The fourth-order valence-electron chi connectivity index (χ4n) is 2.30. The molecular formula is C18H26N2O7S. The predicted octanol–water partition coefficient (Wildman–Crippen LogP) is 0.832. The number of esters is 1. The average Bonchev–Trinajstić information content (AvgIpc) is 2.67. The Labute approximate surface area is 164 Å². The van der Waals surface area contributed by atoms with Crippen molar-refractivity contribution in [3.8, 4) is 11.5 Å². The van der Waals surface area contributed by atoms with E-state index < -0.39 is 16.0 Å². The van der Waals surface area contributed by atoms with Crippen molar-refractivity contribution in [3.63, 3.8) is 0 Å². The second kappa shape index (κ2) is 10.3. The van der Waals surface area contributed by atoms with Gasteiger partial charge in [-0.05, 0) is 24.5 Å². The highest BCUT2D eigenvalue weighted by Gasteiger charge is 2.19. The average molecular weight is 414 g/mol. The summed E-state index contributed by atoms with van der Waals surface area (Å²) >= 11 is 0. The molecule has 1 aromatic rings. The van der Waals surface area contributed by atoms with Crippen LogP contribution in [0.5, 0.6) is 11.5 Å². The largest absolute Gasteiger partial charge is 0.486 e. The molecular weight excluding hydrogens is 388 g/mol. The van der Waals surface area contributed by atoms with Crippen molar-refractivity contribution < 1.29 is 32.2 Å². The summed E-state index contributed by atoms with van der Waals surface area (Å²) in [5, 5.41) is 2.64. The fraction of sp³-hybridized carbons (Fsp3) is 0.556. The lowest BCUT2D eigenvalue weighted by Gasteiger charge is -2.18. The molecule has 2 rings (SSSR count). The lowest BCUT2D eigenvalue weighted by Crippen LogP contribution is -2.31. The first kappa shape index (κ1) is 22.0. The van der Waals surface area contributed by atoms with Crippen molar-refractivity contribution in [3.05, 3.63) is 18.2 Å². The summed E-state index contributed by atoms with van der Waals surface area (Å²) in [5.41, 5.74) is 0. The number of ether oxygens (including phenoxy) is 3. The quantitative estimate of drug-likeness (QED) is 0.430. The van der Waals surface area contributed by atoms with Gasteiger partial charge in [-0.25, -0.2) is 13.1 Å². The molecule has 0 fully saturated rings. The van der Waals surface area contributed by atoms with Gasteiger partial charge in [0.2, 0.25) is 10.0 Å². The highest BCUT2D eigenvalue weighted by atomic mass is 32.2. The molecule has 156 valence electrons. The molecule has 28 heavy (non-hydrogen) atoms. The minimum atomic E-state index is -3.73. The molecule has 10 heteroatoms. The number of hydrogen-bond acceptors (Lipinski definition) is 7. The van der Waals surface area contributed by atoms with Crippen LogP contribution in [0, 0.1) is 5.92 Å². The van der Waals surface area contributed by atoms with Crippen LogP contribution in [-0.4, -0.2) is 53.2 Å². The highest BCUT2D eigenvalue weighted by Crippen LogP contribution is 2.32. The number of carbonyl (C=O) groups excluding carboxylic acids is 2. The number of amides is 1. The van der Waals surface area contributed by atoms with E-state index in [0.29, 0.717) is 37.2 Å². The minimum absolute atomic E-state index is 0.00111. The third-order valence-corrected chi connectivity index (χ3v) is 5.20. The third kappa shape index (κ3) is 7.01. The standard InChI is InChI=1S/C18H26N2O7S/c1-13(2)11-19-17(21)12-27-18(22)4-3-7-20-28(23,24)14-5-6-15-16(10-14)26-9-8-25-15/h5-6,10,13,20H,3-4,7-9,11-12H2,1-2H3,(H,19,21). The Kier molecular flexibility index (Phi) is 8.06. The topological polar surface area (TPSA) is 120 Å². The molecule has 1 aliphatic rings. The molecule has 0 radical (unpaired) electrons. The molecule has 1 aromatic carbocycles.